The standard InChI is InChI=1S/C19H30ClN7O2S/c1-25(2)11-5-13-27(14-6-12-26(3)4)30(28,29)18-15-16(7-8-17(18)20)23-24-19-21-9-10-22-19/h7-10,15H,5-6,11-14H2,1-4H3,(H,21,22)/b24-23+. The number of azo groups is 1. The quantitative estimate of drug-likeness (QED) is 0.495. The number of aromatic nitrogens is 2. The van der Waals surface area contributed by atoms with Crippen LogP contribution in [0.5, 0.6) is 0 Å². The molecule has 0 aliphatic rings. The minimum absolute atomic E-state index is 0.0368. The fourth-order valence-electron chi connectivity index (χ4n) is 2.79. The number of H-pyrrole nitrogens is 1. The summed E-state index contributed by atoms with van der Waals surface area (Å²) in [6, 6.07) is 4.61. The highest BCUT2D eigenvalue weighted by atomic mass is 35.5. The van der Waals surface area contributed by atoms with Crippen LogP contribution in [0.25, 0.3) is 0 Å². The topological polar surface area (TPSA) is 97.3 Å². The summed E-state index contributed by atoms with van der Waals surface area (Å²) in [7, 11) is 4.09. The Labute approximate surface area is 183 Å². The predicted molar refractivity (Wildman–Crippen MR) is 119 cm³/mol. The number of nitrogens with one attached hydrogen (secondary N) is 1. The molecule has 9 nitrogen and oxygen atoms in total. The zero-order chi connectivity index (χ0) is 22.1. The van der Waals surface area contributed by atoms with Crippen LogP contribution in [0.15, 0.2) is 45.7 Å². The number of sulfonamides is 1. The highest BCUT2D eigenvalue weighted by Crippen LogP contribution is 2.30. The van der Waals surface area contributed by atoms with Gasteiger partial charge in [0.15, 0.2) is 0 Å². The Morgan fingerprint density at radius 1 is 1.00 bits per heavy atom. The Kier molecular flexibility index (Phi) is 9.37. The molecule has 30 heavy (non-hydrogen) atoms. The first-order valence-corrected chi connectivity index (χ1v) is 11.5. The van der Waals surface area contributed by atoms with Gasteiger partial charge in [-0.2, -0.15) is 4.31 Å². The summed E-state index contributed by atoms with van der Waals surface area (Å²) in [6.45, 7) is 2.43. The van der Waals surface area contributed by atoms with Crippen LogP contribution in [-0.2, 0) is 10.0 Å². The van der Waals surface area contributed by atoms with Crippen molar-refractivity contribution in [3.63, 3.8) is 0 Å². The van der Waals surface area contributed by atoms with Crippen molar-refractivity contribution in [2.75, 3.05) is 54.4 Å². The average molecular weight is 456 g/mol. The molecule has 166 valence electrons. The van der Waals surface area contributed by atoms with Gasteiger partial charge >= 0.3 is 0 Å². The van der Waals surface area contributed by atoms with Gasteiger partial charge in [0.2, 0.25) is 16.0 Å². The van der Waals surface area contributed by atoms with E-state index in [0.29, 0.717) is 24.7 Å². The molecule has 1 aromatic heterocycles. The second-order valence-corrected chi connectivity index (χ2v) is 9.76. The molecule has 2 rings (SSSR count). The number of halogens is 1. The second kappa shape index (κ2) is 11.5. The number of rotatable bonds is 12. The van der Waals surface area contributed by atoms with Crippen LogP contribution in [0.2, 0.25) is 5.02 Å². The monoisotopic (exact) mass is 455 g/mol. The molecule has 0 aliphatic carbocycles. The third kappa shape index (κ3) is 7.44. The van der Waals surface area contributed by atoms with Gasteiger partial charge in [0.05, 0.1) is 10.7 Å². The molecule has 0 spiro atoms. The number of aromatic amines is 1. The van der Waals surface area contributed by atoms with Gasteiger partial charge in [0.1, 0.15) is 4.90 Å². The maximum absolute atomic E-state index is 13.4. The minimum Gasteiger partial charge on any atom is -0.328 e. The Morgan fingerprint density at radius 3 is 2.17 bits per heavy atom. The minimum atomic E-state index is -3.78. The van der Waals surface area contributed by atoms with Crippen LogP contribution in [0.1, 0.15) is 12.8 Å². The van der Waals surface area contributed by atoms with Crippen LogP contribution >= 0.6 is 11.6 Å². The first-order chi connectivity index (χ1) is 14.2. The van der Waals surface area contributed by atoms with Gasteiger partial charge in [-0.05, 0) is 72.3 Å². The van der Waals surface area contributed by atoms with Crippen molar-refractivity contribution < 1.29 is 8.42 Å². The zero-order valence-electron chi connectivity index (χ0n) is 17.9. The first kappa shape index (κ1) is 24.4. The molecule has 0 atom stereocenters. The SMILES string of the molecule is CN(C)CCCN(CCCN(C)C)S(=O)(=O)c1cc(/N=N/c2ncc[nH]2)ccc1Cl. The van der Waals surface area contributed by atoms with Crippen molar-refractivity contribution in [1.29, 1.82) is 0 Å². The summed E-state index contributed by atoms with van der Waals surface area (Å²) in [6.07, 6.45) is 4.64. The molecule has 0 amide bonds. The number of nitrogens with zero attached hydrogens (tertiary/aromatic N) is 6. The number of imidazole rings is 1. The van der Waals surface area contributed by atoms with Crippen LogP contribution < -0.4 is 0 Å². The van der Waals surface area contributed by atoms with E-state index in [1.54, 1.807) is 18.5 Å². The van der Waals surface area contributed by atoms with Crippen molar-refractivity contribution in [3.05, 3.63) is 35.6 Å². The van der Waals surface area contributed by atoms with Crippen molar-refractivity contribution >= 4 is 33.3 Å². The van der Waals surface area contributed by atoms with Crippen LogP contribution in [0.4, 0.5) is 11.6 Å². The first-order valence-electron chi connectivity index (χ1n) is 9.70. The van der Waals surface area contributed by atoms with Crippen molar-refractivity contribution in [3.8, 4) is 0 Å². The lowest BCUT2D eigenvalue weighted by Gasteiger charge is -2.24. The third-order valence-electron chi connectivity index (χ3n) is 4.30. The van der Waals surface area contributed by atoms with Gasteiger partial charge in [-0.15, -0.1) is 10.2 Å². The van der Waals surface area contributed by atoms with Gasteiger partial charge in [0.25, 0.3) is 0 Å². The molecule has 0 fully saturated rings. The summed E-state index contributed by atoms with van der Waals surface area (Å²) in [4.78, 5) is 10.9. The largest absolute Gasteiger partial charge is 0.328 e. The van der Waals surface area contributed by atoms with E-state index in [0.717, 1.165) is 25.9 Å². The lowest BCUT2D eigenvalue weighted by atomic mass is 10.3. The molecule has 0 unspecified atom stereocenters. The Bertz CT molecular complexity index is 901. The maximum Gasteiger partial charge on any atom is 0.246 e. The highest BCUT2D eigenvalue weighted by molar-refractivity contribution is 7.89. The summed E-state index contributed by atoms with van der Waals surface area (Å²) in [5.41, 5.74) is 0.385. The highest BCUT2D eigenvalue weighted by Gasteiger charge is 2.26. The summed E-state index contributed by atoms with van der Waals surface area (Å²) >= 11 is 6.28. The molecule has 1 aromatic carbocycles. The van der Waals surface area contributed by atoms with Gasteiger partial charge < -0.3 is 14.8 Å². The fraction of sp³-hybridized carbons (Fsp3) is 0.526. The smallest absolute Gasteiger partial charge is 0.246 e. The van der Waals surface area contributed by atoms with E-state index in [1.807, 2.05) is 38.0 Å². The maximum atomic E-state index is 13.4. The third-order valence-corrected chi connectivity index (χ3v) is 6.68. The average Bonchev–Trinajstić information content (AvgIpc) is 3.19. The van der Waals surface area contributed by atoms with E-state index in [9.17, 15) is 8.42 Å². The van der Waals surface area contributed by atoms with E-state index >= 15 is 0 Å². The Morgan fingerprint density at radius 2 is 1.63 bits per heavy atom. The van der Waals surface area contributed by atoms with Crippen molar-refractivity contribution in [1.82, 2.24) is 24.1 Å². The van der Waals surface area contributed by atoms with Gasteiger partial charge in [-0.3, -0.25) is 0 Å². The van der Waals surface area contributed by atoms with Crippen LogP contribution in [-0.4, -0.2) is 86.9 Å². The van der Waals surface area contributed by atoms with Crippen molar-refractivity contribution in [2.24, 2.45) is 10.2 Å². The molecular formula is C19H30ClN7O2S. The van der Waals surface area contributed by atoms with Crippen molar-refractivity contribution in [2.45, 2.75) is 17.7 Å². The van der Waals surface area contributed by atoms with E-state index in [1.165, 1.54) is 16.4 Å². The molecule has 2 aromatic rings. The van der Waals surface area contributed by atoms with Crippen LogP contribution in [0.3, 0.4) is 0 Å². The van der Waals surface area contributed by atoms with E-state index in [2.05, 4.69) is 20.2 Å². The fourth-order valence-corrected chi connectivity index (χ4v) is 4.80. The van der Waals surface area contributed by atoms with E-state index in [-0.39, 0.29) is 9.92 Å². The molecule has 0 bridgehead atoms. The number of hydrogen-bond acceptors (Lipinski definition) is 7. The summed E-state index contributed by atoms with van der Waals surface area (Å²) < 4.78 is 28.3. The molecule has 11 heteroatoms. The Hall–Kier alpha value is -1.85. The molecular weight excluding hydrogens is 426 g/mol. The zero-order valence-corrected chi connectivity index (χ0v) is 19.5. The molecule has 1 N–H and O–H groups in total. The second-order valence-electron chi connectivity index (χ2n) is 7.45. The summed E-state index contributed by atoms with van der Waals surface area (Å²) in [5.74, 6) is 0.336. The normalized spacial score (nSPS) is 12.7. The lowest BCUT2D eigenvalue weighted by Crippen LogP contribution is -2.35. The summed E-state index contributed by atoms with van der Waals surface area (Å²) in [5, 5.41) is 8.20. The lowest BCUT2D eigenvalue weighted by molar-refractivity contribution is 0.326. The molecule has 1 heterocycles. The number of benzene rings is 1. The molecule has 0 saturated heterocycles. The molecule has 0 aliphatic heterocycles. The van der Waals surface area contributed by atoms with E-state index < -0.39 is 10.0 Å². The van der Waals surface area contributed by atoms with Crippen LogP contribution in [0, 0.1) is 0 Å². The molecule has 0 saturated carbocycles. The number of hydrogen-bond donors (Lipinski definition) is 1. The van der Waals surface area contributed by atoms with Gasteiger partial charge in [-0.25, -0.2) is 13.4 Å². The Balaban J connectivity index is 2.26. The predicted octanol–water partition coefficient (Wildman–Crippen LogP) is 3.37. The van der Waals surface area contributed by atoms with Gasteiger partial charge in [-0.1, -0.05) is 11.6 Å². The van der Waals surface area contributed by atoms with Gasteiger partial charge in [0, 0.05) is 25.5 Å². The molecule has 0 radical (unpaired) electrons. The van der Waals surface area contributed by atoms with E-state index in [4.69, 9.17) is 11.6 Å².